The monoisotopic (exact) mass is 748 g/mol. The van der Waals surface area contributed by atoms with E-state index in [0.29, 0.717) is 0 Å². The lowest BCUT2D eigenvalue weighted by Gasteiger charge is -2.31. The van der Waals surface area contributed by atoms with Gasteiger partial charge in [0.25, 0.3) is 0 Å². The summed E-state index contributed by atoms with van der Waals surface area (Å²) in [4.78, 5) is 4.92. The first-order valence-electron chi connectivity index (χ1n) is 20.5. The van der Waals surface area contributed by atoms with E-state index >= 15 is 0 Å². The molecule has 0 bridgehead atoms. The summed E-state index contributed by atoms with van der Waals surface area (Å²) in [6, 6.07) is 61.7. The average molecular weight is 749 g/mol. The van der Waals surface area contributed by atoms with Crippen molar-refractivity contribution in [2.75, 3.05) is 9.80 Å². The van der Waals surface area contributed by atoms with Crippen LogP contribution >= 0.6 is 0 Å². The third-order valence-electron chi connectivity index (χ3n) is 12.2. The maximum atomic E-state index is 2.49. The van der Waals surface area contributed by atoms with E-state index in [4.69, 9.17) is 0 Å². The molecule has 0 N–H and O–H groups in total. The smallest absolute Gasteiger partial charge is 0.0619 e. The summed E-state index contributed by atoms with van der Waals surface area (Å²) in [5.74, 6) is 0. The quantitative estimate of drug-likeness (QED) is 0.123. The molecule has 0 fully saturated rings. The second-order valence-electron chi connectivity index (χ2n) is 17.3. The molecule has 0 saturated carbocycles. The minimum absolute atomic E-state index is 0.0303. The van der Waals surface area contributed by atoms with E-state index in [2.05, 4.69) is 222 Å². The molecule has 0 atom stereocenters. The Balaban J connectivity index is 1.36. The molecule has 10 aromatic carbocycles. The molecule has 58 heavy (non-hydrogen) atoms. The zero-order valence-electron chi connectivity index (χ0n) is 34.5. The Bertz CT molecular complexity index is 3060. The molecule has 0 saturated heterocycles. The van der Waals surface area contributed by atoms with Gasteiger partial charge in [-0.25, -0.2) is 0 Å². The number of hydrogen-bond donors (Lipinski definition) is 0. The van der Waals surface area contributed by atoms with Gasteiger partial charge < -0.3 is 9.80 Å². The van der Waals surface area contributed by atoms with E-state index in [-0.39, 0.29) is 5.41 Å². The second kappa shape index (κ2) is 13.5. The Morgan fingerprint density at radius 3 is 1.26 bits per heavy atom. The zero-order valence-corrected chi connectivity index (χ0v) is 34.5. The first-order valence-corrected chi connectivity index (χ1v) is 20.5. The third-order valence-corrected chi connectivity index (χ3v) is 12.2. The molecule has 0 spiro atoms. The molecule has 2 heteroatoms. The molecule has 10 aromatic rings. The Morgan fingerprint density at radius 1 is 0.328 bits per heavy atom. The molecule has 10 rings (SSSR count). The third kappa shape index (κ3) is 5.78. The number of rotatable bonds is 6. The Labute approximate surface area is 341 Å². The molecule has 0 heterocycles. The van der Waals surface area contributed by atoms with Crippen LogP contribution in [0.3, 0.4) is 0 Å². The Hall–Kier alpha value is -6.64. The predicted octanol–water partition coefficient (Wildman–Crippen LogP) is 16.4. The normalized spacial score (nSPS) is 12.1. The van der Waals surface area contributed by atoms with Gasteiger partial charge in [0.1, 0.15) is 0 Å². The van der Waals surface area contributed by atoms with Crippen molar-refractivity contribution in [3.8, 4) is 0 Å². The molecule has 0 amide bonds. The minimum atomic E-state index is -0.0303. The number of hydrogen-bond acceptors (Lipinski definition) is 2. The van der Waals surface area contributed by atoms with Gasteiger partial charge in [0, 0.05) is 44.3 Å². The fourth-order valence-electron chi connectivity index (χ4n) is 9.10. The van der Waals surface area contributed by atoms with Gasteiger partial charge in [-0.2, -0.15) is 0 Å². The second-order valence-corrected chi connectivity index (χ2v) is 17.3. The number of anilines is 6. The number of benzene rings is 10. The van der Waals surface area contributed by atoms with Gasteiger partial charge >= 0.3 is 0 Å². The van der Waals surface area contributed by atoms with E-state index in [9.17, 15) is 0 Å². The van der Waals surface area contributed by atoms with E-state index in [0.717, 1.165) is 22.7 Å². The van der Waals surface area contributed by atoms with E-state index < -0.39 is 0 Å². The van der Waals surface area contributed by atoms with Crippen LogP contribution in [0.4, 0.5) is 34.1 Å². The van der Waals surface area contributed by atoms with Crippen LogP contribution in [0.2, 0.25) is 0 Å². The molecule has 2 nitrogen and oxygen atoms in total. The topological polar surface area (TPSA) is 6.48 Å². The fourth-order valence-corrected chi connectivity index (χ4v) is 9.10. The van der Waals surface area contributed by atoms with Gasteiger partial charge in [0.05, 0.1) is 11.4 Å². The molecule has 0 aromatic heterocycles. The highest BCUT2D eigenvalue weighted by Gasteiger charge is 2.26. The minimum Gasteiger partial charge on any atom is -0.310 e. The maximum absolute atomic E-state index is 2.49. The highest BCUT2D eigenvalue weighted by atomic mass is 15.1. The molecule has 0 aliphatic carbocycles. The summed E-state index contributed by atoms with van der Waals surface area (Å²) >= 11 is 0. The summed E-state index contributed by atoms with van der Waals surface area (Å²) in [6.07, 6.45) is 0. The van der Waals surface area contributed by atoms with Crippen molar-refractivity contribution in [1.29, 1.82) is 0 Å². The predicted molar refractivity (Wildman–Crippen MR) is 252 cm³/mol. The van der Waals surface area contributed by atoms with Crippen molar-refractivity contribution in [1.82, 2.24) is 0 Å². The van der Waals surface area contributed by atoms with Gasteiger partial charge in [-0.3, -0.25) is 0 Å². The summed E-state index contributed by atoms with van der Waals surface area (Å²) < 4.78 is 0. The van der Waals surface area contributed by atoms with Crippen molar-refractivity contribution in [2.24, 2.45) is 0 Å². The van der Waals surface area contributed by atoms with Crippen LogP contribution in [0.15, 0.2) is 164 Å². The summed E-state index contributed by atoms with van der Waals surface area (Å²) in [5, 5.41) is 12.8. The van der Waals surface area contributed by atoms with Crippen molar-refractivity contribution in [3.05, 3.63) is 192 Å². The van der Waals surface area contributed by atoms with Gasteiger partial charge in [-0.1, -0.05) is 146 Å². The number of aryl methyl sites for hydroxylation is 4. The zero-order chi connectivity index (χ0) is 39.9. The summed E-state index contributed by atoms with van der Waals surface area (Å²) in [5.41, 5.74) is 13.2. The van der Waals surface area contributed by atoms with Crippen LogP contribution in [-0.2, 0) is 5.41 Å². The van der Waals surface area contributed by atoms with E-state index in [1.54, 1.807) is 0 Å². The average Bonchev–Trinajstić information content (AvgIpc) is 3.22. The largest absolute Gasteiger partial charge is 0.310 e. The molecular formula is C56H48N2. The van der Waals surface area contributed by atoms with E-state index in [1.165, 1.54) is 93.1 Å². The van der Waals surface area contributed by atoms with Crippen molar-refractivity contribution < 1.29 is 0 Å². The van der Waals surface area contributed by atoms with Crippen LogP contribution in [0.1, 0.15) is 48.6 Å². The maximum Gasteiger partial charge on any atom is 0.0619 e. The molecular weight excluding hydrogens is 701 g/mol. The van der Waals surface area contributed by atoms with Crippen molar-refractivity contribution in [2.45, 2.75) is 53.9 Å². The standard InChI is InChI=1S/C56H48N2/c1-35-14-23-40(24-15-35)57(41-25-16-36(2)17-26-41)51-33-32-45-44-10-8-13-49-53(44)54(48-12-9-11-47(51)52(45)48)50-34-39(56(5,6)7)22-31-46(50)55(49)58(42-27-18-37(3)19-28-42)43-29-20-38(4)21-30-43/h8-34H,1-7H3. The molecule has 0 unspecified atom stereocenters. The van der Waals surface area contributed by atoms with Crippen LogP contribution in [0.5, 0.6) is 0 Å². The van der Waals surface area contributed by atoms with Gasteiger partial charge in [0.15, 0.2) is 0 Å². The van der Waals surface area contributed by atoms with Crippen LogP contribution in [0, 0.1) is 27.7 Å². The van der Waals surface area contributed by atoms with E-state index in [1.807, 2.05) is 0 Å². The van der Waals surface area contributed by atoms with Crippen LogP contribution < -0.4 is 9.80 Å². The number of fused-ring (bicyclic) bond motifs is 4. The molecule has 282 valence electrons. The Morgan fingerprint density at radius 2 is 0.741 bits per heavy atom. The summed E-state index contributed by atoms with van der Waals surface area (Å²) in [7, 11) is 0. The lowest BCUT2D eigenvalue weighted by molar-refractivity contribution is 0.591. The molecule has 0 radical (unpaired) electrons. The van der Waals surface area contributed by atoms with Crippen LogP contribution in [0.25, 0.3) is 53.9 Å². The fraction of sp³-hybridized carbons (Fsp3) is 0.143. The van der Waals surface area contributed by atoms with Gasteiger partial charge in [0.2, 0.25) is 0 Å². The first-order chi connectivity index (χ1) is 28.0. The van der Waals surface area contributed by atoms with Crippen molar-refractivity contribution in [3.63, 3.8) is 0 Å². The van der Waals surface area contributed by atoms with Crippen molar-refractivity contribution >= 4 is 88.0 Å². The van der Waals surface area contributed by atoms with Gasteiger partial charge in [-0.05, 0) is 132 Å². The molecule has 0 aliphatic heterocycles. The highest BCUT2D eigenvalue weighted by molar-refractivity contribution is 6.41. The highest BCUT2D eigenvalue weighted by Crippen LogP contribution is 2.52. The number of nitrogens with zero attached hydrogens (tertiary/aromatic N) is 2. The van der Waals surface area contributed by atoms with Gasteiger partial charge in [-0.15, -0.1) is 0 Å². The SMILES string of the molecule is Cc1ccc(N(c2ccc(C)cc2)c2ccc3c4cccc5c(N(c6ccc(C)cc6)c6ccc(C)cc6)c6ccc(C(C)(C)C)cc6c(c6cccc2c36)c54)cc1. The Kier molecular flexibility index (Phi) is 8.32. The summed E-state index contributed by atoms with van der Waals surface area (Å²) in [6.45, 7) is 15.6. The first kappa shape index (κ1) is 35.8. The lowest BCUT2D eigenvalue weighted by atomic mass is 9.82. The molecule has 0 aliphatic rings. The lowest BCUT2D eigenvalue weighted by Crippen LogP contribution is -2.13. The van der Waals surface area contributed by atoms with Crippen LogP contribution in [-0.4, -0.2) is 0 Å².